The number of aromatic nitrogens is 2. The second kappa shape index (κ2) is 7.11. The average Bonchev–Trinajstić information content (AvgIpc) is 2.28. The van der Waals surface area contributed by atoms with Crippen LogP contribution in [0, 0.1) is 3.57 Å². The standard InChI is InChI=1S/C10H15ClIN3O/c1-15(6-4-2-3-5-11)9-8(12)10(16)14-7-13-9/h7H,2-6H2,1H3,(H,13,14,16). The molecule has 0 aromatic carbocycles. The van der Waals surface area contributed by atoms with Gasteiger partial charge in [0.1, 0.15) is 9.39 Å². The highest BCUT2D eigenvalue weighted by Crippen LogP contribution is 2.14. The molecule has 0 aliphatic rings. The molecule has 0 aliphatic carbocycles. The summed E-state index contributed by atoms with van der Waals surface area (Å²) in [6, 6.07) is 0. The van der Waals surface area contributed by atoms with Crippen LogP contribution in [-0.4, -0.2) is 29.4 Å². The van der Waals surface area contributed by atoms with Gasteiger partial charge in [0.25, 0.3) is 5.56 Å². The lowest BCUT2D eigenvalue weighted by Crippen LogP contribution is -2.24. The topological polar surface area (TPSA) is 49.0 Å². The Morgan fingerprint density at radius 3 is 2.94 bits per heavy atom. The van der Waals surface area contributed by atoms with Gasteiger partial charge >= 0.3 is 0 Å². The zero-order valence-corrected chi connectivity index (χ0v) is 12.1. The van der Waals surface area contributed by atoms with E-state index in [4.69, 9.17) is 11.6 Å². The molecule has 16 heavy (non-hydrogen) atoms. The SMILES string of the molecule is CN(CCCCCCl)c1nc[nH]c(=O)c1I. The first-order valence-electron chi connectivity index (χ1n) is 5.17. The molecule has 90 valence electrons. The van der Waals surface area contributed by atoms with Gasteiger partial charge in [0.2, 0.25) is 0 Å². The zero-order valence-electron chi connectivity index (χ0n) is 9.17. The van der Waals surface area contributed by atoms with E-state index in [1.807, 2.05) is 34.5 Å². The quantitative estimate of drug-likeness (QED) is 0.484. The number of nitrogens with one attached hydrogen (secondary N) is 1. The van der Waals surface area contributed by atoms with Crippen molar-refractivity contribution in [3.8, 4) is 0 Å². The normalized spacial score (nSPS) is 10.4. The summed E-state index contributed by atoms with van der Waals surface area (Å²) in [4.78, 5) is 20.1. The van der Waals surface area contributed by atoms with Crippen molar-refractivity contribution in [3.05, 3.63) is 20.3 Å². The van der Waals surface area contributed by atoms with E-state index in [0.717, 1.165) is 31.6 Å². The van der Waals surface area contributed by atoms with E-state index in [9.17, 15) is 4.79 Å². The second-order valence-corrected chi connectivity index (χ2v) is 5.00. The Kier molecular flexibility index (Phi) is 6.12. The number of aromatic amines is 1. The smallest absolute Gasteiger partial charge is 0.266 e. The monoisotopic (exact) mass is 355 g/mol. The number of alkyl halides is 1. The Bertz CT molecular complexity index is 383. The highest BCUT2D eigenvalue weighted by molar-refractivity contribution is 14.1. The van der Waals surface area contributed by atoms with Crippen LogP contribution < -0.4 is 10.5 Å². The molecule has 6 heteroatoms. The minimum atomic E-state index is -0.0850. The average molecular weight is 356 g/mol. The number of H-pyrrole nitrogens is 1. The molecular weight excluding hydrogens is 340 g/mol. The minimum absolute atomic E-state index is 0.0850. The lowest BCUT2D eigenvalue weighted by Gasteiger charge is -2.18. The minimum Gasteiger partial charge on any atom is -0.359 e. The van der Waals surface area contributed by atoms with Gasteiger partial charge in [-0.25, -0.2) is 4.98 Å². The molecule has 0 fully saturated rings. The second-order valence-electron chi connectivity index (χ2n) is 3.54. The third kappa shape index (κ3) is 3.93. The van der Waals surface area contributed by atoms with Crippen LogP contribution in [0.2, 0.25) is 0 Å². The molecule has 0 saturated heterocycles. The number of halogens is 2. The summed E-state index contributed by atoms with van der Waals surface area (Å²) >= 11 is 7.63. The van der Waals surface area contributed by atoms with Gasteiger partial charge < -0.3 is 9.88 Å². The molecule has 0 saturated carbocycles. The fourth-order valence-electron chi connectivity index (χ4n) is 1.37. The lowest BCUT2D eigenvalue weighted by molar-refractivity contribution is 0.702. The maximum absolute atomic E-state index is 11.4. The Labute approximate surface area is 114 Å². The van der Waals surface area contributed by atoms with Crippen molar-refractivity contribution in [2.75, 3.05) is 24.4 Å². The van der Waals surface area contributed by atoms with Crippen LogP contribution in [0.15, 0.2) is 11.1 Å². The fraction of sp³-hybridized carbons (Fsp3) is 0.600. The summed E-state index contributed by atoms with van der Waals surface area (Å²) in [7, 11) is 1.95. The third-order valence-electron chi connectivity index (χ3n) is 2.27. The van der Waals surface area contributed by atoms with Gasteiger partial charge in [-0.15, -0.1) is 11.6 Å². The molecule has 0 aliphatic heterocycles. The predicted octanol–water partition coefficient (Wildman–Crippen LogP) is 2.22. The summed E-state index contributed by atoms with van der Waals surface area (Å²) in [5.74, 6) is 1.46. The maximum Gasteiger partial charge on any atom is 0.266 e. The summed E-state index contributed by atoms with van der Waals surface area (Å²) in [6.45, 7) is 0.892. The van der Waals surface area contributed by atoms with Gasteiger partial charge in [0.05, 0.1) is 6.33 Å². The van der Waals surface area contributed by atoms with Crippen LogP contribution >= 0.6 is 34.2 Å². The van der Waals surface area contributed by atoms with Crippen LogP contribution in [0.5, 0.6) is 0 Å². The molecule has 1 N–H and O–H groups in total. The van der Waals surface area contributed by atoms with E-state index in [0.29, 0.717) is 9.45 Å². The lowest BCUT2D eigenvalue weighted by atomic mass is 10.2. The van der Waals surface area contributed by atoms with E-state index in [2.05, 4.69) is 9.97 Å². The van der Waals surface area contributed by atoms with Gasteiger partial charge in [-0.3, -0.25) is 4.79 Å². The molecule has 1 heterocycles. The van der Waals surface area contributed by atoms with Crippen molar-refractivity contribution in [1.82, 2.24) is 9.97 Å². The molecule has 1 rings (SSSR count). The number of hydrogen-bond donors (Lipinski definition) is 1. The van der Waals surface area contributed by atoms with E-state index < -0.39 is 0 Å². The zero-order chi connectivity index (χ0) is 12.0. The Morgan fingerprint density at radius 2 is 2.25 bits per heavy atom. The van der Waals surface area contributed by atoms with Gasteiger partial charge in [0, 0.05) is 19.5 Å². The van der Waals surface area contributed by atoms with Gasteiger partial charge in [-0.05, 0) is 35.4 Å². The van der Waals surface area contributed by atoms with E-state index >= 15 is 0 Å². The maximum atomic E-state index is 11.4. The van der Waals surface area contributed by atoms with E-state index in [-0.39, 0.29) is 5.56 Å². The van der Waals surface area contributed by atoms with Crippen molar-refractivity contribution in [2.24, 2.45) is 0 Å². The molecule has 1 aromatic heterocycles. The van der Waals surface area contributed by atoms with Crippen molar-refractivity contribution in [1.29, 1.82) is 0 Å². The first-order chi connectivity index (χ1) is 7.66. The van der Waals surface area contributed by atoms with Crippen molar-refractivity contribution in [2.45, 2.75) is 19.3 Å². The fourth-order valence-corrected chi connectivity index (χ4v) is 2.26. The summed E-state index contributed by atoms with van der Waals surface area (Å²) in [5, 5.41) is 0. The summed E-state index contributed by atoms with van der Waals surface area (Å²) in [6.07, 6.45) is 4.64. The highest BCUT2D eigenvalue weighted by Gasteiger charge is 2.09. The van der Waals surface area contributed by atoms with Crippen molar-refractivity contribution < 1.29 is 0 Å². The number of hydrogen-bond acceptors (Lipinski definition) is 3. The Balaban J connectivity index is 2.56. The van der Waals surface area contributed by atoms with Crippen LogP contribution in [0.25, 0.3) is 0 Å². The molecule has 0 radical (unpaired) electrons. The summed E-state index contributed by atoms with van der Waals surface area (Å²) < 4.78 is 0.639. The molecule has 0 bridgehead atoms. The van der Waals surface area contributed by atoms with Gasteiger partial charge in [-0.1, -0.05) is 6.42 Å². The Morgan fingerprint density at radius 1 is 1.50 bits per heavy atom. The van der Waals surface area contributed by atoms with Crippen LogP contribution in [-0.2, 0) is 0 Å². The number of unbranched alkanes of at least 4 members (excludes halogenated alkanes) is 2. The van der Waals surface area contributed by atoms with Crippen LogP contribution in [0.4, 0.5) is 5.82 Å². The van der Waals surface area contributed by atoms with Crippen LogP contribution in [0.3, 0.4) is 0 Å². The number of nitrogens with zero attached hydrogens (tertiary/aromatic N) is 2. The largest absolute Gasteiger partial charge is 0.359 e. The first-order valence-corrected chi connectivity index (χ1v) is 6.78. The first kappa shape index (κ1) is 13.8. The molecule has 4 nitrogen and oxygen atoms in total. The van der Waals surface area contributed by atoms with Crippen molar-refractivity contribution >= 4 is 40.0 Å². The molecule has 0 spiro atoms. The van der Waals surface area contributed by atoms with E-state index in [1.165, 1.54) is 6.33 Å². The van der Waals surface area contributed by atoms with Crippen LogP contribution in [0.1, 0.15) is 19.3 Å². The Hall–Kier alpha value is -0.300. The summed E-state index contributed by atoms with van der Waals surface area (Å²) in [5.41, 5.74) is -0.0850. The van der Waals surface area contributed by atoms with Gasteiger partial charge in [-0.2, -0.15) is 0 Å². The van der Waals surface area contributed by atoms with Gasteiger partial charge in [0.15, 0.2) is 0 Å². The highest BCUT2D eigenvalue weighted by atomic mass is 127. The van der Waals surface area contributed by atoms with Crippen molar-refractivity contribution in [3.63, 3.8) is 0 Å². The molecule has 0 atom stereocenters. The van der Waals surface area contributed by atoms with E-state index in [1.54, 1.807) is 0 Å². The predicted molar refractivity (Wildman–Crippen MR) is 75.4 cm³/mol. The molecule has 0 unspecified atom stereocenters. The molecular formula is C10H15ClIN3O. The molecule has 0 amide bonds. The third-order valence-corrected chi connectivity index (χ3v) is 3.51. The number of rotatable bonds is 6. The molecule has 1 aromatic rings. The number of anilines is 1.